The molecule has 0 radical (unpaired) electrons. The number of amides is 2. The summed E-state index contributed by atoms with van der Waals surface area (Å²) >= 11 is 6.38. The third-order valence-electron chi connectivity index (χ3n) is 5.07. The summed E-state index contributed by atoms with van der Waals surface area (Å²) in [6, 6.07) is 5.48. The van der Waals surface area contributed by atoms with Gasteiger partial charge >= 0.3 is 0 Å². The molecule has 2 heterocycles. The molecule has 1 aromatic rings. The van der Waals surface area contributed by atoms with Crippen LogP contribution in [0.25, 0.3) is 0 Å². The molecule has 2 fully saturated rings. The van der Waals surface area contributed by atoms with Gasteiger partial charge in [0.05, 0.1) is 17.3 Å². The van der Waals surface area contributed by atoms with Gasteiger partial charge in [0.2, 0.25) is 5.91 Å². The van der Waals surface area contributed by atoms with Crippen molar-refractivity contribution in [3.63, 3.8) is 0 Å². The molecule has 2 saturated heterocycles. The number of nitrogens with one attached hydrogen (secondary N) is 1. The molecule has 142 valence electrons. The maximum Gasteiger partial charge on any atom is 0.251 e. The first-order valence-electron chi connectivity index (χ1n) is 9.18. The Kier molecular flexibility index (Phi) is 6.38. The van der Waals surface area contributed by atoms with E-state index in [0.29, 0.717) is 43.2 Å². The van der Waals surface area contributed by atoms with Crippen molar-refractivity contribution in [1.29, 1.82) is 0 Å². The van der Waals surface area contributed by atoms with Crippen LogP contribution in [0.5, 0.6) is 0 Å². The molecule has 1 atom stereocenters. The van der Waals surface area contributed by atoms with Crippen LogP contribution in [0.3, 0.4) is 0 Å². The van der Waals surface area contributed by atoms with Gasteiger partial charge in [0.25, 0.3) is 5.91 Å². The summed E-state index contributed by atoms with van der Waals surface area (Å²) in [5.74, 6) is 0.115. The van der Waals surface area contributed by atoms with E-state index in [2.05, 4.69) is 10.2 Å². The highest BCUT2D eigenvalue weighted by atomic mass is 35.5. The lowest BCUT2D eigenvalue weighted by Crippen LogP contribution is -2.32. The molecule has 1 N–H and O–H groups in total. The molecule has 26 heavy (non-hydrogen) atoms. The van der Waals surface area contributed by atoms with Crippen LogP contribution in [0.4, 0.5) is 5.69 Å². The molecule has 0 aliphatic carbocycles. The Balaban J connectivity index is 1.52. The van der Waals surface area contributed by atoms with Crippen LogP contribution in [0.15, 0.2) is 18.2 Å². The molecule has 7 heteroatoms. The number of carbonyl (C=O) groups is 2. The molecule has 6 nitrogen and oxygen atoms in total. The Labute approximate surface area is 159 Å². The highest BCUT2D eigenvalue weighted by molar-refractivity contribution is 6.33. The third-order valence-corrected chi connectivity index (χ3v) is 5.37. The average Bonchev–Trinajstić information content (AvgIpc) is 3.27. The average molecular weight is 380 g/mol. The number of rotatable bonds is 7. The van der Waals surface area contributed by atoms with Crippen LogP contribution in [0.2, 0.25) is 5.02 Å². The van der Waals surface area contributed by atoms with Gasteiger partial charge in [-0.25, -0.2) is 0 Å². The Morgan fingerprint density at radius 3 is 2.81 bits per heavy atom. The SMILES string of the molecule is COCCN1C[C@H](CNC(=O)c2ccc(N3CCCC3)c(Cl)c2)CC1=O. The van der Waals surface area contributed by atoms with E-state index in [1.165, 1.54) is 12.8 Å². The zero-order chi connectivity index (χ0) is 18.5. The van der Waals surface area contributed by atoms with Crippen molar-refractivity contribution >= 4 is 29.1 Å². The van der Waals surface area contributed by atoms with Crippen LogP contribution in [0.1, 0.15) is 29.6 Å². The summed E-state index contributed by atoms with van der Waals surface area (Å²) in [5, 5.41) is 3.55. The number of benzene rings is 1. The van der Waals surface area contributed by atoms with Crippen molar-refractivity contribution in [1.82, 2.24) is 10.2 Å². The largest absolute Gasteiger partial charge is 0.383 e. The van der Waals surface area contributed by atoms with Crippen LogP contribution in [0, 0.1) is 5.92 Å². The van der Waals surface area contributed by atoms with Gasteiger partial charge in [-0.3, -0.25) is 9.59 Å². The molecule has 0 bridgehead atoms. The van der Waals surface area contributed by atoms with Crippen molar-refractivity contribution in [2.24, 2.45) is 5.92 Å². The second kappa shape index (κ2) is 8.73. The highest BCUT2D eigenvalue weighted by Gasteiger charge is 2.29. The molecule has 3 rings (SSSR count). The summed E-state index contributed by atoms with van der Waals surface area (Å²) in [4.78, 5) is 28.4. The van der Waals surface area contributed by atoms with Gasteiger partial charge in [-0.05, 0) is 31.0 Å². The standard InChI is InChI=1S/C19H26ClN3O3/c1-26-9-8-23-13-14(10-18(23)24)12-21-19(25)15-4-5-17(16(20)11-15)22-6-2-3-7-22/h4-5,11,14H,2-3,6-10,12-13H2,1H3,(H,21,25)/t14-/m0/s1. The molecule has 2 amide bonds. The predicted molar refractivity (Wildman–Crippen MR) is 102 cm³/mol. The van der Waals surface area contributed by atoms with Crippen molar-refractivity contribution in [2.75, 3.05) is 51.3 Å². The van der Waals surface area contributed by atoms with Crippen molar-refractivity contribution < 1.29 is 14.3 Å². The van der Waals surface area contributed by atoms with E-state index in [1.807, 2.05) is 12.1 Å². The van der Waals surface area contributed by atoms with Gasteiger partial charge in [0.1, 0.15) is 0 Å². The zero-order valence-electron chi connectivity index (χ0n) is 15.2. The fourth-order valence-electron chi connectivity index (χ4n) is 3.61. The number of hydrogen-bond acceptors (Lipinski definition) is 4. The van der Waals surface area contributed by atoms with E-state index in [-0.39, 0.29) is 17.7 Å². The molecule has 2 aliphatic rings. The minimum absolute atomic E-state index is 0.124. The number of likely N-dealkylation sites (tertiary alicyclic amines) is 1. The van der Waals surface area contributed by atoms with Crippen LogP contribution in [-0.2, 0) is 9.53 Å². The Bertz CT molecular complexity index is 661. The number of halogens is 1. The van der Waals surface area contributed by atoms with E-state index in [0.717, 1.165) is 18.8 Å². The van der Waals surface area contributed by atoms with Crippen molar-refractivity contribution in [3.8, 4) is 0 Å². The first-order chi connectivity index (χ1) is 12.6. The van der Waals surface area contributed by atoms with Crippen LogP contribution < -0.4 is 10.2 Å². The molecule has 0 aromatic heterocycles. The minimum Gasteiger partial charge on any atom is -0.383 e. The molecule has 0 spiro atoms. The third kappa shape index (κ3) is 4.48. The molecular weight excluding hydrogens is 354 g/mol. The fraction of sp³-hybridized carbons (Fsp3) is 0.579. The van der Waals surface area contributed by atoms with Gasteiger partial charge in [-0.15, -0.1) is 0 Å². The number of hydrogen-bond donors (Lipinski definition) is 1. The summed E-state index contributed by atoms with van der Waals surface area (Å²) in [6.45, 7) is 4.32. The molecule has 0 saturated carbocycles. The molecule has 0 unspecified atom stereocenters. The van der Waals surface area contributed by atoms with E-state index in [1.54, 1.807) is 18.1 Å². The lowest BCUT2D eigenvalue weighted by Gasteiger charge is -2.19. The Hall–Kier alpha value is -1.79. The second-order valence-electron chi connectivity index (χ2n) is 6.97. The number of carbonyl (C=O) groups excluding carboxylic acids is 2. The molecule has 2 aliphatic heterocycles. The van der Waals surface area contributed by atoms with Gasteiger partial charge < -0.3 is 19.9 Å². The predicted octanol–water partition coefficient (Wildman–Crippen LogP) is 2.16. The summed E-state index contributed by atoms with van der Waals surface area (Å²) in [5.41, 5.74) is 1.55. The first-order valence-corrected chi connectivity index (χ1v) is 9.55. The Morgan fingerprint density at radius 2 is 2.12 bits per heavy atom. The number of ether oxygens (including phenoxy) is 1. The molecular formula is C19H26ClN3O3. The van der Waals surface area contributed by atoms with Crippen molar-refractivity contribution in [2.45, 2.75) is 19.3 Å². The highest BCUT2D eigenvalue weighted by Crippen LogP contribution is 2.29. The summed E-state index contributed by atoms with van der Waals surface area (Å²) in [7, 11) is 1.62. The summed E-state index contributed by atoms with van der Waals surface area (Å²) in [6.07, 6.45) is 2.83. The van der Waals surface area contributed by atoms with E-state index >= 15 is 0 Å². The summed E-state index contributed by atoms with van der Waals surface area (Å²) < 4.78 is 5.02. The smallest absolute Gasteiger partial charge is 0.251 e. The van der Waals surface area contributed by atoms with Gasteiger partial charge in [-0.1, -0.05) is 11.6 Å². The quantitative estimate of drug-likeness (QED) is 0.788. The van der Waals surface area contributed by atoms with Crippen molar-refractivity contribution in [3.05, 3.63) is 28.8 Å². The first kappa shape index (κ1) is 19.0. The normalized spacial score (nSPS) is 20.1. The topological polar surface area (TPSA) is 61.9 Å². The second-order valence-corrected chi connectivity index (χ2v) is 7.38. The maximum absolute atomic E-state index is 12.4. The lowest BCUT2D eigenvalue weighted by atomic mass is 10.1. The zero-order valence-corrected chi connectivity index (χ0v) is 15.9. The van der Waals surface area contributed by atoms with Crippen LogP contribution >= 0.6 is 11.6 Å². The van der Waals surface area contributed by atoms with E-state index in [4.69, 9.17) is 16.3 Å². The van der Waals surface area contributed by atoms with Gasteiger partial charge in [0.15, 0.2) is 0 Å². The van der Waals surface area contributed by atoms with Crippen LogP contribution in [-0.4, -0.2) is 63.2 Å². The number of nitrogens with zero attached hydrogens (tertiary/aromatic N) is 2. The number of anilines is 1. The monoisotopic (exact) mass is 379 g/mol. The maximum atomic E-state index is 12.4. The minimum atomic E-state index is -0.150. The fourth-order valence-corrected chi connectivity index (χ4v) is 3.91. The van der Waals surface area contributed by atoms with Gasteiger partial charge in [0, 0.05) is 57.7 Å². The Morgan fingerprint density at radius 1 is 1.35 bits per heavy atom. The number of methoxy groups -OCH3 is 1. The lowest BCUT2D eigenvalue weighted by molar-refractivity contribution is -0.128. The van der Waals surface area contributed by atoms with E-state index in [9.17, 15) is 9.59 Å². The van der Waals surface area contributed by atoms with E-state index < -0.39 is 0 Å². The molecule has 1 aromatic carbocycles. The van der Waals surface area contributed by atoms with Gasteiger partial charge in [-0.2, -0.15) is 0 Å².